The minimum Gasteiger partial charge on any atom is -0.378 e. The standard InChI is InChI=1S/C14H14F3N5O/c15-14(16,17)13-18-4-3-11(21-13)20-10-1-2-12(19-9-10)22-5-7-23-8-6-22/h1-4,9H,5-8H2,(H,18,20,21). The first-order valence-corrected chi connectivity index (χ1v) is 6.98. The number of pyridine rings is 1. The SMILES string of the molecule is FC(F)(F)c1nccc(Nc2ccc(N3CCOCC3)nc2)n1. The fourth-order valence-electron chi connectivity index (χ4n) is 2.15. The number of ether oxygens (including phenoxy) is 1. The molecule has 122 valence electrons. The van der Waals surface area contributed by atoms with E-state index in [1.54, 1.807) is 18.3 Å². The first kappa shape index (κ1) is 15.5. The van der Waals surface area contributed by atoms with Crippen LogP contribution in [0.5, 0.6) is 0 Å². The molecule has 0 spiro atoms. The number of hydrogen-bond acceptors (Lipinski definition) is 6. The summed E-state index contributed by atoms with van der Waals surface area (Å²) in [4.78, 5) is 13.1. The van der Waals surface area contributed by atoms with Gasteiger partial charge in [0.2, 0.25) is 5.82 Å². The van der Waals surface area contributed by atoms with Crippen molar-refractivity contribution in [1.29, 1.82) is 0 Å². The molecule has 0 aromatic carbocycles. The summed E-state index contributed by atoms with van der Waals surface area (Å²) in [7, 11) is 0. The maximum atomic E-state index is 12.6. The number of rotatable bonds is 3. The monoisotopic (exact) mass is 325 g/mol. The van der Waals surface area contributed by atoms with Gasteiger partial charge in [-0.15, -0.1) is 0 Å². The van der Waals surface area contributed by atoms with Gasteiger partial charge in [0.1, 0.15) is 11.6 Å². The minimum atomic E-state index is -4.57. The molecular formula is C14H14F3N5O. The highest BCUT2D eigenvalue weighted by atomic mass is 19.4. The van der Waals surface area contributed by atoms with Crippen LogP contribution < -0.4 is 10.2 Å². The highest BCUT2D eigenvalue weighted by molar-refractivity contribution is 5.57. The molecule has 23 heavy (non-hydrogen) atoms. The lowest BCUT2D eigenvalue weighted by atomic mass is 10.3. The summed E-state index contributed by atoms with van der Waals surface area (Å²) < 4.78 is 43.0. The second kappa shape index (κ2) is 6.37. The third kappa shape index (κ3) is 3.86. The predicted molar refractivity (Wildman–Crippen MR) is 77.6 cm³/mol. The molecule has 3 heterocycles. The highest BCUT2D eigenvalue weighted by Crippen LogP contribution is 2.27. The maximum Gasteiger partial charge on any atom is 0.451 e. The Labute approximate surface area is 130 Å². The number of hydrogen-bond donors (Lipinski definition) is 1. The lowest BCUT2D eigenvalue weighted by Gasteiger charge is -2.27. The van der Waals surface area contributed by atoms with Gasteiger partial charge in [-0.1, -0.05) is 0 Å². The number of halogens is 3. The summed E-state index contributed by atoms with van der Waals surface area (Å²) in [5, 5.41) is 2.79. The van der Waals surface area contributed by atoms with Crippen molar-refractivity contribution in [2.75, 3.05) is 36.5 Å². The van der Waals surface area contributed by atoms with Gasteiger partial charge in [0.15, 0.2) is 0 Å². The molecule has 1 N–H and O–H groups in total. The molecule has 3 rings (SSSR count). The van der Waals surface area contributed by atoms with Crippen molar-refractivity contribution in [3.63, 3.8) is 0 Å². The zero-order valence-electron chi connectivity index (χ0n) is 12.0. The van der Waals surface area contributed by atoms with Crippen molar-refractivity contribution in [3.05, 3.63) is 36.4 Å². The summed E-state index contributed by atoms with van der Waals surface area (Å²) in [5.74, 6) is -0.314. The molecule has 1 fully saturated rings. The molecule has 0 saturated carbocycles. The fraction of sp³-hybridized carbons (Fsp3) is 0.357. The smallest absolute Gasteiger partial charge is 0.378 e. The van der Waals surface area contributed by atoms with Crippen LogP contribution in [0.3, 0.4) is 0 Å². The number of nitrogens with one attached hydrogen (secondary N) is 1. The number of aromatic nitrogens is 3. The normalized spacial score (nSPS) is 15.5. The van der Waals surface area contributed by atoms with Crippen LogP contribution in [0.15, 0.2) is 30.6 Å². The molecule has 6 nitrogen and oxygen atoms in total. The van der Waals surface area contributed by atoms with Crippen molar-refractivity contribution in [3.8, 4) is 0 Å². The summed E-state index contributed by atoms with van der Waals surface area (Å²) in [6.07, 6.45) is -1.95. The summed E-state index contributed by atoms with van der Waals surface area (Å²) >= 11 is 0. The van der Waals surface area contributed by atoms with Crippen LogP contribution >= 0.6 is 0 Å². The van der Waals surface area contributed by atoms with Gasteiger partial charge in [-0.25, -0.2) is 15.0 Å². The molecule has 2 aromatic rings. The molecule has 0 radical (unpaired) electrons. The van der Waals surface area contributed by atoms with Crippen LogP contribution in [0.1, 0.15) is 5.82 Å². The molecule has 0 bridgehead atoms. The number of nitrogens with zero attached hydrogens (tertiary/aromatic N) is 4. The summed E-state index contributed by atoms with van der Waals surface area (Å²) in [6.45, 7) is 2.84. The van der Waals surface area contributed by atoms with E-state index < -0.39 is 12.0 Å². The van der Waals surface area contributed by atoms with E-state index in [9.17, 15) is 13.2 Å². The van der Waals surface area contributed by atoms with E-state index in [0.717, 1.165) is 25.1 Å². The molecule has 2 aromatic heterocycles. The van der Waals surface area contributed by atoms with Crippen LogP contribution in [0.4, 0.5) is 30.5 Å². The Bertz CT molecular complexity index is 656. The van der Waals surface area contributed by atoms with E-state index >= 15 is 0 Å². The topological polar surface area (TPSA) is 63.2 Å². The highest BCUT2D eigenvalue weighted by Gasteiger charge is 2.34. The summed E-state index contributed by atoms with van der Waals surface area (Å²) in [5.41, 5.74) is 0.550. The quantitative estimate of drug-likeness (QED) is 0.935. The molecular weight excluding hydrogens is 311 g/mol. The second-order valence-corrected chi connectivity index (χ2v) is 4.89. The third-order valence-corrected chi connectivity index (χ3v) is 3.26. The summed E-state index contributed by atoms with van der Waals surface area (Å²) in [6, 6.07) is 4.91. The molecule has 1 aliphatic rings. The van der Waals surface area contributed by atoms with Gasteiger partial charge in [-0.3, -0.25) is 0 Å². The van der Waals surface area contributed by atoms with Gasteiger partial charge >= 0.3 is 6.18 Å². The second-order valence-electron chi connectivity index (χ2n) is 4.89. The Hall–Kier alpha value is -2.42. The van der Waals surface area contributed by atoms with Gasteiger partial charge < -0.3 is 15.0 Å². The molecule has 1 aliphatic heterocycles. The third-order valence-electron chi connectivity index (χ3n) is 3.26. The van der Waals surface area contributed by atoms with E-state index in [-0.39, 0.29) is 5.82 Å². The van der Waals surface area contributed by atoms with Crippen molar-refractivity contribution >= 4 is 17.3 Å². The Morgan fingerprint density at radius 1 is 1.09 bits per heavy atom. The van der Waals surface area contributed by atoms with Crippen LogP contribution in [0.25, 0.3) is 0 Å². The average molecular weight is 325 g/mol. The van der Waals surface area contributed by atoms with Gasteiger partial charge in [0, 0.05) is 19.3 Å². The minimum absolute atomic E-state index is 0.0632. The lowest BCUT2D eigenvalue weighted by Crippen LogP contribution is -2.36. The van der Waals surface area contributed by atoms with E-state index in [1.165, 1.54) is 6.07 Å². The fourth-order valence-corrected chi connectivity index (χ4v) is 2.15. The van der Waals surface area contributed by atoms with Crippen molar-refractivity contribution < 1.29 is 17.9 Å². The van der Waals surface area contributed by atoms with Crippen molar-refractivity contribution in [1.82, 2.24) is 15.0 Å². The zero-order valence-corrected chi connectivity index (χ0v) is 12.0. The van der Waals surface area contributed by atoms with Gasteiger partial charge in [-0.2, -0.15) is 13.2 Å². The van der Waals surface area contributed by atoms with Crippen molar-refractivity contribution in [2.24, 2.45) is 0 Å². The van der Waals surface area contributed by atoms with E-state index in [4.69, 9.17) is 4.74 Å². The first-order valence-electron chi connectivity index (χ1n) is 6.98. The van der Waals surface area contributed by atoms with Crippen LogP contribution in [0.2, 0.25) is 0 Å². The van der Waals surface area contributed by atoms with Gasteiger partial charge in [0.25, 0.3) is 0 Å². The molecule has 0 unspecified atom stereocenters. The molecule has 0 amide bonds. The van der Waals surface area contributed by atoms with Crippen LogP contribution in [-0.2, 0) is 10.9 Å². The molecule has 9 heteroatoms. The Morgan fingerprint density at radius 3 is 2.52 bits per heavy atom. The number of morpholine rings is 1. The number of anilines is 3. The Kier molecular flexibility index (Phi) is 4.28. The largest absolute Gasteiger partial charge is 0.451 e. The molecule has 0 atom stereocenters. The molecule has 1 saturated heterocycles. The predicted octanol–water partition coefficient (Wildman–Crippen LogP) is 2.47. The zero-order chi connectivity index (χ0) is 16.3. The van der Waals surface area contributed by atoms with E-state index in [2.05, 4.69) is 25.2 Å². The van der Waals surface area contributed by atoms with Gasteiger partial charge in [-0.05, 0) is 18.2 Å². The van der Waals surface area contributed by atoms with E-state index in [1.807, 2.05) is 0 Å². The Balaban J connectivity index is 1.71. The number of alkyl halides is 3. The van der Waals surface area contributed by atoms with Crippen LogP contribution in [-0.4, -0.2) is 41.3 Å². The molecule has 0 aliphatic carbocycles. The lowest BCUT2D eigenvalue weighted by molar-refractivity contribution is -0.144. The van der Waals surface area contributed by atoms with E-state index in [0.29, 0.717) is 18.9 Å². The Morgan fingerprint density at radius 2 is 1.87 bits per heavy atom. The maximum absolute atomic E-state index is 12.6. The average Bonchev–Trinajstić information content (AvgIpc) is 2.56. The van der Waals surface area contributed by atoms with Crippen molar-refractivity contribution in [2.45, 2.75) is 6.18 Å². The van der Waals surface area contributed by atoms with Crippen LogP contribution in [0, 0.1) is 0 Å². The first-order chi connectivity index (χ1) is 11.0. The van der Waals surface area contributed by atoms with Gasteiger partial charge in [0.05, 0.1) is 25.1 Å².